The molecule has 162 valence electrons. The highest BCUT2D eigenvalue weighted by Crippen LogP contribution is 2.40. The number of carbonyl (C=O) groups is 1. The second-order valence-electron chi connectivity index (χ2n) is 6.96. The van der Waals surface area contributed by atoms with Gasteiger partial charge in [0.2, 0.25) is 5.78 Å². The minimum Gasteiger partial charge on any atom is -0.286 e. The molecule has 0 amide bonds. The highest BCUT2D eigenvalue weighted by atomic mass is 35.5. The number of carbonyl (C=O) groups excluding carboxylic acids is 1. The maximum Gasteiger partial charge on any atom is 0.221 e. The van der Waals surface area contributed by atoms with Crippen molar-refractivity contribution in [3.63, 3.8) is 0 Å². The molecule has 0 unspecified atom stereocenters. The lowest BCUT2D eigenvalue weighted by Crippen LogP contribution is -2.00. The molecule has 4 nitrogen and oxygen atoms in total. The van der Waals surface area contributed by atoms with Crippen LogP contribution in [0.4, 0.5) is 4.39 Å². The first-order chi connectivity index (χ1) is 15.1. The summed E-state index contributed by atoms with van der Waals surface area (Å²) < 4.78 is 38.3. The number of ketones is 1. The van der Waals surface area contributed by atoms with E-state index in [2.05, 4.69) is 4.98 Å². The Morgan fingerprint density at radius 1 is 0.969 bits per heavy atom. The maximum absolute atomic E-state index is 13.5. The molecule has 0 aliphatic heterocycles. The van der Waals surface area contributed by atoms with Crippen LogP contribution in [0.5, 0.6) is 0 Å². The van der Waals surface area contributed by atoms with Gasteiger partial charge in [-0.05, 0) is 48.5 Å². The number of nitrogens with zero attached hydrogens (tertiary/aromatic N) is 1. The van der Waals surface area contributed by atoms with Gasteiger partial charge in [-0.3, -0.25) is 4.79 Å². The summed E-state index contributed by atoms with van der Waals surface area (Å²) in [5.41, 5.74) is 1.59. The summed E-state index contributed by atoms with van der Waals surface area (Å²) in [7, 11) is -3.56. The van der Waals surface area contributed by atoms with Crippen molar-refractivity contribution in [3.05, 3.63) is 93.2 Å². The zero-order chi connectivity index (χ0) is 23.0. The number of aromatic nitrogens is 1. The molecule has 9 heteroatoms. The van der Waals surface area contributed by atoms with E-state index in [1.54, 1.807) is 18.2 Å². The Morgan fingerprint density at radius 3 is 2.22 bits per heavy atom. The van der Waals surface area contributed by atoms with Gasteiger partial charge in [0.1, 0.15) is 5.82 Å². The normalized spacial score (nSPS) is 11.5. The van der Waals surface area contributed by atoms with Crippen LogP contribution in [0, 0.1) is 5.82 Å². The number of halogens is 3. The fraction of sp³-hybridized carbons (Fsp3) is 0.0435. The highest BCUT2D eigenvalue weighted by Gasteiger charge is 2.24. The third-order valence-corrected chi connectivity index (χ3v) is 7.27. The lowest BCUT2D eigenvalue weighted by Gasteiger charge is -2.08. The van der Waals surface area contributed by atoms with Crippen molar-refractivity contribution in [2.24, 2.45) is 0 Å². The summed E-state index contributed by atoms with van der Waals surface area (Å²) >= 11 is 13.1. The van der Waals surface area contributed by atoms with Crippen molar-refractivity contribution in [1.82, 2.24) is 4.98 Å². The third-order valence-electron chi connectivity index (χ3n) is 4.59. The SMILES string of the molecule is CS(=O)(=O)c1ccccc1-c1sc(C(=O)c2cc(Cl)cc(Cl)c2)nc1-c1ccc(F)cc1. The van der Waals surface area contributed by atoms with E-state index in [0.29, 0.717) is 31.7 Å². The summed E-state index contributed by atoms with van der Waals surface area (Å²) in [6.45, 7) is 0. The first-order valence-corrected chi connectivity index (χ1v) is 12.7. The topological polar surface area (TPSA) is 64.1 Å². The molecule has 1 aromatic heterocycles. The summed E-state index contributed by atoms with van der Waals surface area (Å²) in [6, 6.07) is 16.6. The molecule has 0 N–H and O–H groups in total. The second-order valence-corrected chi connectivity index (χ2v) is 10.8. The molecule has 0 fully saturated rings. The van der Waals surface area contributed by atoms with Crippen molar-refractivity contribution < 1.29 is 17.6 Å². The Balaban J connectivity index is 1.95. The van der Waals surface area contributed by atoms with E-state index in [1.165, 1.54) is 48.5 Å². The fourth-order valence-corrected chi connectivity index (χ4v) is 5.76. The monoisotopic (exact) mass is 505 g/mol. The molecule has 4 aromatic rings. The number of thiazole rings is 1. The minimum absolute atomic E-state index is 0.108. The molecule has 0 atom stereocenters. The predicted molar refractivity (Wildman–Crippen MR) is 126 cm³/mol. The Bertz CT molecular complexity index is 1430. The summed E-state index contributed by atoms with van der Waals surface area (Å²) in [5.74, 6) is -0.835. The van der Waals surface area contributed by atoms with Gasteiger partial charge in [-0.25, -0.2) is 17.8 Å². The van der Waals surface area contributed by atoms with E-state index in [9.17, 15) is 17.6 Å². The predicted octanol–water partition coefficient (Wildman–Crippen LogP) is 6.56. The van der Waals surface area contributed by atoms with Crippen LogP contribution >= 0.6 is 34.5 Å². The van der Waals surface area contributed by atoms with E-state index in [1.807, 2.05) is 0 Å². The van der Waals surface area contributed by atoms with Crippen LogP contribution in [-0.2, 0) is 9.84 Å². The van der Waals surface area contributed by atoms with E-state index < -0.39 is 21.4 Å². The molecule has 0 saturated heterocycles. The molecule has 0 aliphatic rings. The standard InChI is InChI=1S/C23H14Cl2FNO3S2/c1-32(29,30)19-5-3-2-4-18(19)22-20(13-6-8-17(26)9-7-13)27-23(31-22)21(28)14-10-15(24)12-16(25)11-14/h2-12H,1H3. The lowest BCUT2D eigenvalue weighted by atomic mass is 10.1. The van der Waals surface area contributed by atoms with E-state index in [4.69, 9.17) is 23.2 Å². The second kappa shape index (κ2) is 8.75. The number of sulfone groups is 1. The smallest absolute Gasteiger partial charge is 0.221 e. The zero-order valence-corrected chi connectivity index (χ0v) is 19.6. The van der Waals surface area contributed by atoms with Crippen molar-refractivity contribution >= 4 is 50.2 Å². The van der Waals surface area contributed by atoms with Crippen molar-refractivity contribution in [2.75, 3.05) is 6.26 Å². The van der Waals surface area contributed by atoms with Gasteiger partial charge in [-0.15, -0.1) is 11.3 Å². The summed E-state index contributed by atoms with van der Waals surface area (Å²) in [5, 5.41) is 0.735. The van der Waals surface area contributed by atoms with Crippen LogP contribution in [0.1, 0.15) is 15.4 Å². The first-order valence-electron chi connectivity index (χ1n) is 9.20. The average molecular weight is 506 g/mol. The van der Waals surface area contributed by atoms with Gasteiger partial charge in [-0.2, -0.15) is 0 Å². The third kappa shape index (κ3) is 4.61. The molecular weight excluding hydrogens is 492 g/mol. The fourth-order valence-electron chi connectivity index (χ4n) is 3.19. The van der Waals surface area contributed by atoms with Gasteiger partial charge in [0.25, 0.3) is 0 Å². The van der Waals surface area contributed by atoms with E-state index >= 15 is 0 Å². The molecule has 0 bridgehead atoms. The number of rotatable bonds is 5. The average Bonchev–Trinajstić information content (AvgIpc) is 3.17. The number of hydrogen-bond acceptors (Lipinski definition) is 5. The molecule has 3 aromatic carbocycles. The van der Waals surface area contributed by atoms with Crippen LogP contribution in [-0.4, -0.2) is 25.4 Å². The summed E-state index contributed by atoms with van der Waals surface area (Å²) in [4.78, 5) is 18.3. The Hall–Kier alpha value is -2.58. The van der Waals surface area contributed by atoms with Crippen LogP contribution in [0.2, 0.25) is 10.0 Å². The summed E-state index contributed by atoms with van der Waals surface area (Å²) in [6.07, 6.45) is 1.12. The van der Waals surface area contributed by atoms with Crippen LogP contribution < -0.4 is 0 Å². The van der Waals surface area contributed by atoms with Gasteiger partial charge in [-0.1, -0.05) is 41.4 Å². The number of hydrogen-bond donors (Lipinski definition) is 0. The largest absolute Gasteiger partial charge is 0.286 e. The van der Waals surface area contributed by atoms with Gasteiger partial charge in [0.15, 0.2) is 14.8 Å². The van der Waals surface area contributed by atoms with Crippen molar-refractivity contribution in [2.45, 2.75) is 4.90 Å². The molecule has 32 heavy (non-hydrogen) atoms. The lowest BCUT2D eigenvalue weighted by molar-refractivity contribution is 0.103. The van der Waals surface area contributed by atoms with Gasteiger partial charge in [0.05, 0.1) is 15.5 Å². The van der Waals surface area contributed by atoms with Crippen molar-refractivity contribution in [3.8, 4) is 21.7 Å². The zero-order valence-electron chi connectivity index (χ0n) is 16.5. The Kier molecular flexibility index (Phi) is 6.18. The molecule has 0 aliphatic carbocycles. The quantitative estimate of drug-likeness (QED) is 0.288. The van der Waals surface area contributed by atoms with Gasteiger partial charge in [0, 0.05) is 33.0 Å². The van der Waals surface area contributed by atoms with Crippen LogP contribution in [0.3, 0.4) is 0 Å². The molecule has 0 spiro atoms. The Morgan fingerprint density at radius 2 is 1.59 bits per heavy atom. The first kappa shape index (κ1) is 22.6. The van der Waals surface area contributed by atoms with Crippen LogP contribution in [0.15, 0.2) is 71.6 Å². The minimum atomic E-state index is -3.56. The van der Waals surface area contributed by atoms with Crippen LogP contribution in [0.25, 0.3) is 21.7 Å². The molecule has 0 radical (unpaired) electrons. The molecular formula is C23H14Cl2FNO3S2. The maximum atomic E-state index is 13.5. The molecule has 4 rings (SSSR count). The van der Waals surface area contributed by atoms with Crippen molar-refractivity contribution in [1.29, 1.82) is 0 Å². The molecule has 1 heterocycles. The van der Waals surface area contributed by atoms with Gasteiger partial charge >= 0.3 is 0 Å². The number of benzene rings is 3. The highest BCUT2D eigenvalue weighted by molar-refractivity contribution is 7.90. The Labute approximate surface area is 198 Å². The van der Waals surface area contributed by atoms with E-state index in [0.717, 1.165) is 17.6 Å². The van der Waals surface area contributed by atoms with E-state index in [-0.39, 0.29) is 15.5 Å². The molecule has 0 saturated carbocycles. The van der Waals surface area contributed by atoms with Gasteiger partial charge < -0.3 is 0 Å².